The number of amides is 2. The summed E-state index contributed by atoms with van der Waals surface area (Å²) < 4.78 is 0. The number of nitrogens with zero attached hydrogens (tertiary/aromatic N) is 2. The third-order valence-corrected chi connectivity index (χ3v) is 3.70. The van der Waals surface area contributed by atoms with Crippen molar-refractivity contribution < 1.29 is 9.59 Å². The highest BCUT2D eigenvalue weighted by atomic mass is 16.2. The highest BCUT2D eigenvalue weighted by molar-refractivity contribution is 6.07. The summed E-state index contributed by atoms with van der Waals surface area (Å²) in [6.45, 7) is 8.69. The molecule has 122 valence electrons. The van der Waals surface area contributed by atoms with E-state index < -0.39 is 0 Å². The maximum absolute atomic E-state index is 12.9. The van der Waals surface area contributed by atoms with Gasteiger partial charge in [-0.3, -0.25) is 14.6 Å². The number of pyridine rings is 1. The van der Waals surface area contributed by atoms with Gasteiger partial charge in [0.1, 0.15) is 0 Å². The van der Waals surface area contributed by atoms with Crippen molar-refractivity contribution in [2.75, 3.05) is 19.6 Å². The summed E-state index contributed by atoms with van der Waals surface area (Å²) in [5.74, 6) is -0.284. The second-order valence-corrected chi connectivity index (χ2v) is 5.60. The van der Waals surface area contributed by atoms with Crippen molar-refractivity contribution in [2.45, 2.75) is 27.7 Å². The lowest BCUT2D eigenvalue weighted by molar-refractivity contribution is -0.121. The molecule has 2 amide bonds. The number of nitrogens with one attached hydrogen (secondary N) is 1. The number of rotatable bonds is 5. The molecule has 1 heterocycles. The molecule has 23 heavy (non-hydrogen) atoms. The van der Waals surface area contributed by atoms with Crippen molar-refractivity contribution in [3.63, 3.8) is 0 Å². The molecule has 0 saturated carbocycles. The highest BCUT2D eigenvalue weighted by Crippen LogP contribution is 2.21. The maximum atomic E-state index is 12.9. The Morgan fingerprint density at radius 1 is 1.17 bits per heavy atom. The Balaban J connectivity index is 2.42. The van der Waals surface area contributed by atoms with Crippen LogP contribution >= 0.6 is 0 Å². The molecule has 0 aliphatic heterocycles. The smallest absolute Gasteiger partial charge is 0.255 e. The van der Waals surface area contributed by atoms with Gasteiger partial charge >= 0.3 is 0 Å². The van der Waals surface area contributed by atoms with E-state index in [1.807, 2.05) is 45.9 Å². The number of benzene rings is 1. The number of likely N-dealkylation sites (N-methyl/N-ethyl adjacent to an activating group) is 2. The molecule has 0 spiro atoms. The minimum Gasteiger partial charge on any atom is -0.355 e. The second-order valence-electron chi connectivity index (χ2n) is 5.60. The van der Waals surface area contributed by atoms with Crippen LogP contribution in [0.2, 0.25) is 0 Å². The number of carbonyl (C=O) groups excluding carboxylic acids is 2. The molecule has 0 unspecified atom stereocenters. The zero-order valence-corrected chi connectivity index (χ0v) is 14.1. The minimum absolute atomic E-state index is 0.0673. The number of aryl methyl sites for hydroxylation is 2. The summed E-state index contributed by atoms with van der Waals surface area (Å²) in [4.78, 5) is 30.8. The summed E-state index contributed by atoms with van der Waals surface area (Å²) in [6.07, 6.45) is 0. The zero-order valence-electron chi connectivity index (χ0n) is 14.1. The SMILES string of the molecule is CCNC(=O)CN(CC)C(=O)c1cc(C)nc2ccc(C)cc12. The van der Waals surface area contributed by atoms with Crippen LogP contribution < -0.4 is 5.32 Å². The van der Waals surface area contributed by atoms with E-state index >= 15 is 0 Å². The number of hydrogen-bond donors (Lipinski definition) is 1. The molecule has 0 aliphatic carbocycles. The fraction of sp³-hybridized carbons (Fsp3) is 0.389. The Morgan fingerprint density at radius 3 is 2.57 bits per heavy atom. The van der Waals surface area contributed by atoms with Gasteiger partial charge in [0.2, 0.25) is 5.91 Å². The van der Waals surface area contributed by atoms with Gasteiger partial charge in [0.15, 0.2) is 0 Å². The number of fused-ring (bicyclic) bond motifs is 1. The first-order valence-corrected chi connectivity index (χ1v) is 7.90. The van der Waals surface area contributed by atoms with Crippen molar-refractivity contribution in [1.82, 2.24) is 15.2 Å². The Bertz CT molecular complexity index is 740. The van der Waals surface area contributed by atoms with E-state index in [0.717, 1.165) is 22.2 Å². The third-order valence-electron chi connectivity index (χ3n) is 3.70. The molecule has 0 aliphatic rings. The number of carbonyl (C=O) groups is 2. The van der Waals surface area contributed by atoms with Crippen LogP contribution in [0, 0.1) is 13.8 Å². The van der Waals surface area contributed by atoms with Crippen LogP contribution in [0.15, 0.2) is 24.3 Å². The molecule has 5 heteroatoms. The molecule has 0 atom stereocenters. The molecular formula is C18H23N3O2. The monoisotopic (exact) mass is 313 g/mol. The predicted octanol–water partition coefficient (Wildman–Crippen LogP) is 2.45. The standard InChI is InChI=1S/C18H23N3O2/c1-5-19-17(22)11-21(6-2)18(23)15-10-13(4)20-16-8-7-12(3)9-14(15)16/h7-10H,5-6,11H2,1-4H3,(H,19,22). The Labute approximate surface area is 136 Å². The van der Waals surface area contributed by atoms with E-state index in [9.17, 15) is 9.59 Å². The van der Waals surface area contributed by atoms with Crippen molar-refractivity contribution in [2.24, 2.45) is 0 Å². The first-order valence-electron chi connectivity index (χ1n) is 7.90. The molecule has 1 aromatic heterocycles. The van der Waals surface area contributed by atoms with Crippen LogP contribution in [0.1, 0.15) is 35.5 Å². The van der Waals surface area contributed by atoms with Crippen LogP contribution in [0.3, 0.4) is 0 Å². The quantitative estimate of drug-likeness (QED) is 0.922. The average Bonchev–Trinajstić information content (AvgIpc) is 2.52. The van der Waals surface area contributed by atoms with Gasteiger partial charge in [-0.05, 0) is 45.9 Å². The van der Waals surface area contributed by atoms with Crippen LogP contribution in [-0.4, -0.2) is 41.3 Å². The average molecular weight is 313 g/mol. The molecular weight excluding hydrogens is 290 g/mol. The lowest BCUT2D eigenvalue weighted by Crippen LogP contribution is -2.40. The summed E-state index contributed by atoms with van der Waals surface area (Å²) in [7, 11) is 0. The Hall–Kier alpha value is -2.43. The predicted molar refractivity (Wildman–Crippen MR) is 91.5 cm³/mol. The van der Waals surface area contributed by atoms with Gasteiger partial charge in [-0.25, -0.2) is 0 Å². The molecule has 0 radical (unpaired) electrons. The third kappa shape index (κ3) is 3.86. The van der Waals surface area contributed by atoms with E-state index in [2.05, 4.69) is 10.3 Å². The van der Waals surface area contributed by atoms with Crippen LogP contribution in [-0.2, 0) is 4.79 Å². The number of hydrogen-bond acceptors (Lipinski definition) is 3. The molecule has 0 bridgehead atoms. The molecule has 0 saturated heterocycles. The summed E-state index contributed by atoms with van der Waals surface area (Å²) >= 11 is 0. The van der Waals surface area contributed by atoms with E-state index in [1.54, 1.807) is 11.0 Å². The largest absolute Gasteiger partial charge is 0.355 e. The normalized spacial score (nSPS) is 10.6. The van der Waals surface area contributed by atoms with Crippen LogP contribution in [0.4, 0.5) is 0 Å². The van der Waals surface area contributed by atoms with Crippen LogP contribution in [0.25, 0.3) is 10.9 Å². The first kappa shape index (κ1) is 16.9. The summed E-state index contributed by atoms with van der Waals surface area (Å²) in [6, 6.07) is 7.67. The summed E-state index contributed by atoms with van der Waals surface area (Å²) in [5.41, 5.74) is 3.26. The zero-order chi connectivity index (χ0) is 17.0. The van der Waals surface area contributed by atoms with E-state index in [4.69, 9.17) is 0 Å². The molecule has 2 rings (SSSR count). The Morgan fingerprint density at radius 2 is 1.91 bits per heavy atom. The van der Waals surface area contributed by atoms with E-state index in [1.165, 1.54) is 0 Å². The lowest BCUT2D eigenvalue weighted by Gasteiger charge is -2.21. The van der Waals surface area contributed by atoms with Gasteiger partial charge in [-0.2, -0.15) is 0 Å². The van der Waals surface area contributed by atoms with E-state index in [-0.39, 0.29) is 18.4 Å². The topological polar surface area (TPSA) is 62.3 Å². The van der Waals surface area contributed by atoms with Gasteiger partial charge in [-0.1, -0.05) is 11.6 Å². The van der Waals surface area contributed by atoms with Crippen molar-refractivity contribution in [3.8, 4) is 0 Å². The van der Waals surface area contributed by atoms with Crippen LogP contribution in [0.5, 0.6) is 0 Å². The van der Waals surface area contributed by atoms with Crippen molar-refractivity contribution in [1.29, 1.82) is 0 Å². The molecule has 5 nitrogen and oxygen atoms in total. The minimum atomic E-state index is -0.144. The van der Waals surface area contributed by atoms with E-state index in [0.29, 0.717) is 18.7 Å². The Kier molecular flexibility index (Phi) is 5.32. The fourth-order valence-electron chi connectivity index (χ4n) is 2.57. The highest BCUT2D eigenvalue weighted by Gasteiger charge is 2.20. The van der Waals surface area contributed by atoms with Crippen molar-refractivity contribution in [3.05, 3.63) is 41.1 Å². The van der Waals surface area contributed by atoms with Gasteiger partial charge in [0.25, 0.3) is 5.91 Å². The lowest BCUT2D eigenvalue weighted by atomic mass is 10.0. The fourth-order valence-corrected chi connectivity index (χ4v) is 2.57. The summed E-state index contributed by atoms with van der Waals surface area (Å²) in [5, 5.41) is 3.56. The number of aromatic nitrogens is 1. The van der Waals surface area contributed by atoms with Gasteiger partial charge in [0, 0.05) is 24.2 Å². The molecule has 2 aromatic rings. The maximum Gasteiger partial charge on any atom is 0.255 e. The van der Waals surface area contributed by atoms with Gasteiger partial charge < -0.3 is 10.2 Å². The van der Waals surface area contributed by atoms with Gasteiger partial charge in [-0.15, -0.1) is 0 Å². The van der Waals surface area contributed by atoms with Crippen molar-refractivity contribution >= 4 is 22.7 Å². The first-order chi connectivity index (χ1) is 11.0. The van der Waals surface area contributed by atoms with Gasteiger partial charge in [0.05, 0.1) is 17.6 Å². The molecule has 1 N–H and O–H groups in total. The molecule has 0 fully saturated rings. The second kappa shape index (κ2) is 7.22. The molecule has 1 aromatic carbocycles.